The van der Waals surface area contributed by atoms with Gasteiger partial charge in [0.25, 0.3) is 0 Å². The van der Waals surface area contributed by atoms with E-state index in [0.29, 0.717) is 25.3 Å². The zero-order valence-electron chi connectivity index (χ0n) is 11.8. The highest BCUT2D eigenvalue weighted by Gasteiger charge is 2.31. The Labute approximate surface area is 130 Å². The summed E-state index contributed by atoms with van der Waals surface area (Å²) in [7, 11) is -2.02. The number of rotatable bonds is 4. The van der Waals surface area contributed by atoms with Gasteiger partial charge in [-0.15, -0.1) is 0 Å². The van der Waals surface area contributed by atoms with Crippen LogP contribution in [0, 0.1) is 17.2 Å². The van der Waals surface area contributed by atoms with Crippen LogP contribution in [0.25, 0.3) is 0 Å². The van der Waals surface area contributed by atoms with E-state index < -0.39 is 10.0 Å². The summed E-state index contributed by atoms with van der Waals surface area (Å²) >= 11 is 6.03. The molecule has 0 spiro atoms. The van der Waals surface area contributed by atoms with E-state index in [1.807, 2.05) is 6.07 Å². The van der Waals surface area contributed by atoms with Crippen LogP contribution in [0.1, 0.15) is 18.4 Å². The topological polar surface area (TPSA) is 70.4 Å². The van der Waals surface area contributed by atoms with Crippen molar-refractivity contribution in [2.24, 2.45) is 5.92 Å². The van der Waals surface area contributed by atoms with Gasteiger partial charge in [-0.05, 0) is 37.0 Å². The van der Waals surface area contributed by atoms with Crippen LogP contribution in [-0.4, -0.2) is 39.5 Å². The van der Waals surface area contributed by atoms with Crippen molar-refractivity contribution < 1.29 is 13.2 Å². The van der Waals surface area contributed by atoms with Crippen LogP contribution in [0.4, 0.5) is 0 Å². The second-order valence-electron chi connectivity index (χ2n) is 5.08. The zero-order valence-corrected chi connectivity index (χ0v) is 13.3. The Hall–Kier alpha value is -1.13. The highest BCUT2D eigenvalue weighted by Crippen LogP contribution is 2.29. The minimum atomic E-state index is -3.63. The maximum absolute atomic E-state index is 12.7. The lowest BCUT2D eigenvalue weighted by Gasteiger charge is -2.31. The second-order valence-corrected chi connectivity index (χ2v) is 7.40. The molecule has 1 aliphatic heterocycles. The molecule has 1 aromatic carbocycles. The summed E-state index contributed by atoms with van der Waals surface area (Å²) in [5.74, 6) is 0.204. The second kappa shape index (κ2) is 6.75. The van der Waals surface area contributed by atoms with Gasteiger partial charge in [-0.1, -0.05) is 11.6 Å². The molecule has 2 rings (SSSR count). The summed E-state index contributed by atoms with van der Waals surface area (Å²) in [4.78, 5) is 0.0567. The number of hydrogen-bond acceptors (Lipinski definition) is 4. The standard InChI is InChI=1S/C14H17ClN2O3S/c1-20-10-12-3-2-6-17(9-12)21(18,19)14-5-4-11(8-16)7-13(14)15/h4-5,7,12H,2-3,6,9-10H2,1H3. The molecule has 114 valence electrons. The van der Waals surface area contributed by atoms with Gasteiger partial charge in [0.15, 0.2) is 0 Å². The molecule has 1 saturated heterocycles. The van der Waals surface area contributed by atoms with E-state index in [1.165, 1.54) is 22.5 Å². The fourth-order valence-corrected chi connectivity index (χ4v) is 4.61. The number of nitrogens with zero attached hydrogens (tertiary/aromatic N) is 2. The fraction of sp³-hybridized carbons (Fsp3) is 0.500. The minimum Gasteiger partial charge on any atom is -0.384 e. The Morgan fingerprint density at radius 1 is 1.52 bits per heavy atom. The molecule has 5 nitrogen and oxygen atoms in total. The Balaban J connectivity index is 2.27. The molecule has 0 radical (unpaired) electrons. The Bertz CT molecular complexity index is 653. The molecule has 1 fully saturated rings. The first kappa shape index (κ1) is 16.2. The molecule has 1 aromatic rings. The maximum atomic E-state index is 12.7. The molecule has 0 bridgehead atoms. The Kier molecular flexibility index (Phi) is 5.22. The average molecular weight is 329 g/mol. The van der Waals surface area contributed by atoms with Gasteiger partial charge in [0, 0.05) is 20.2 Å². The quantitative estimate of drug-likeness (QED) is 0.850. The van der Waals surface area contributed by atoms with E-state index >= 15 is 0 Å². The Morgan fingerprint density at radius 3 is 2.90 bits per heavy atom. The van der Waals surface area contributed by atoms with Crippen LogP contribution in [-0.2, 0) is 14.8 Å². The molecule has 1 heterocycles. The van der Waals surface area contributed by atoms with Crippen LogP contribution in [0.3, 0.4) is 0 Å². The average Bonchev–Trinajstić information content (AvgIpc) is 2.47. The Morgan fingerprint density at radius 2 is 2.29 bits per heavy atom. The van der Waals surface area contributed by atoms with Crippen molar-refractivity contribution in [1.29, 1.82) is 5.26 Å². The molecular weight excluding hydrogens is 312 g/mol. The number of halogens is 1. The highest BCUT2D eigenvalue weighted by atomic mass is 35.5. The van der Waals surface area contributed by atoms with Crippen LogP contribution >= 0.6 is 11.6 Å². The lowest BCUT2D eigenvalue weighted by molar-refractivity contribution is 0.118. The molecule has 0 aliphatic carbocycles. The molecule has 0 aromatic heterocycles. The summed E-state index contributed by atoms with van der Waals surface area (Å²) in [5.41, 5.74) is 0.342. The molecule has 1 aliphatic rings. The van der Waals surface area contributed by atoms with Crippen molar-refractivity contribution in [3.8, 4) is 6.07 Å². The van der Waals surface area contributed by atoms with Gasteiger partial charge >= 0.3 is 0 Å². The number of sulfonamides is 1. The highest BCUT2D eigenvalue weighted by molar-refractivity contribution is 7.89. The van der Waals surface area contributed by atoms with Gasteiger partial charge in [-0.25, -0.2) is 8.42 Å². The smallest absolute Gasteiger partial charge is 0.244 e. The molecule has 7 heteroatoms. The normalized spacial score (nSPS) is 20.1. The SMILES string of the molecule is COCC1CCCN(S(=O)(=O)c2ccc(C#N)cc2Cl)C1. The van der Waals surface area contributed by atoms with Crippen molar-refractivity contribution in [2.45, 2.75) is 17.7 Å². The van der Waals surface area contributed by atoms with E-state index in [4.69, 9.17) is 21.6 Å². The lowest BCUT2D eigenvalue weighted by Crippen LogP contribution is -2.41. The van der Waals surface area contributed by atoms with Crippen molar-refractivity contribution in [3.63, 3.8) is 0 Å². The summed E-state index contributed by atoms with van der Waals surface area (Å²) in [6, 6.07) is 6.19. The van der Waals surface area contributed by atoms with E-state index in [9.17, 15) is 8.42 Å². The van der Waals surface area contributed by atoms with Gasteiger partial charge in [0.05, 0.1) is 23.3 Å². The van der Waals surface area contributed by atoms with Crippen molar-refractivity contribution in [3.05, 3.63) is 28.8 Å². The lowest BCUT2D eigenvalue weighted by atomic mass is 10.0. The molecule has 0 amide bonds. The van der Waals surface area contributed by atoms with Gasteiger partial charge in [-0.2, -0.15) is 9.57 Å². The summed E-state index contributed by atoms with van der Waals surface area (Å²) in [6.45, 7) is 1.47. The zero-order chi connectivity index (χ0) is 15.5. The monoisotopic (exact) mass is 328 g/mol. The first-order valence-electron chi connectivity index (χ1n) is 6.67. The number of ether oxygens (including phenoxy) is 1. The third kappa shape index (κ3) is 3.55. The third-order valence-corrected chi connectivity index (χ3v) is 5.91. The molecule has 1 unspecified atom stereocenters. The molecule has 21 heavy (non-hydrogen) atoms. The number of piperidine rings is 1. The van der Waals surface area contributed by atoms with Gasteiger partial charge in [0.2, 0.25) is 10.0 Å². The minimum absolute atomic E-state index is 0.0567. The van der Waals surface area contributed by atoms with Crippen LogP contribution < -0.4 is 0 Å². The van der Waals surface area contributed by atoms with Gasteiger partial charge < -0.3 is 4.74 Å². The number of nitriles is 1. The van der Waals surface area contributed by atoms with E-state index in [-0.39, 0.29) is 15.8 Å². The van der Waals surface area contributed by atoms with Crippen molar-refractivity contribution in [2.75, 3.05) is 26.8 Å². The largest absolute Gasteiger partial charge is 0.384 e. The predicted molar refractivity (Wildman–Crippen MR) is 79.5 cm³/mol. The molecule has 0 saturated carbocycles. The molecule has 1 atom stereocenters. The van der Waals surface area contributed by atoms with Crippen LogP contribution in [0.15, 0.2) is 23.1 Å². The third-order valence-electron chi connectivity index (χ3n) is 3.56. The van der Waals surface area contributed by atoms with Crippen LogP contribution in [0.2, 0.25) is 5.02 Å². The number of methoxy groups -OCH3 is 1. The first-order chi connectivity index (χ1) is 9.98. The van der Waals surface area contributed by atoms with Crippen LogP contribution in [0.5, 0.6) is 0 Å². The van der Waals surface area contributed by atoms with Gasteiger partial charge in [0.1, 0.15) is 4.90 Å². The van der Waals surface area contributed by atoms with E-state index in [2.05, 4.69) is 0 Å². The summed E-state index contributed by atoms with van der Waals surface area (Å²) in [6.07, 6.45) is 1.77. The van der Waals surface area contributed by atoms with Gasteiger partial charge in [-0.3, -0.25) is 0 Å². The number of benzene rings is 1. The van der Waals surface area contributed by atoms with E-state index in [0.717, 1.165) is 12.8 Å². The molecule has 0 N–H and O–H groups in total. The van der Waals surface area contributed by atoms with Crippen molar-refractivity contribution in [1.82, 2.24) is 4.31 Å². The van der Waals surface area contributed by atoms with E-state index in [1.54, 1.807) is 7.11 Å². The maximum Gasteiger partial charge on any atom is 0.244 e. The fourth-order valence-electron chi connectivity index (χ4n) is 2.54. The van der Waals surface area contributed by atoms with Crippen molar-refractivity contribution >= 4 is 21.6 Å². The first-order valence-corrected chi connectivity index (χ1v) is 8.49. The summed E-state index contributed by atoms with van der Waals surface area (Å²) < 4.78 is 31.9. The molecular formula is C14H17ClN2O3S. The summed E-state index contributed by atoms with van der Waals surface area (Å²) in [5, 5.41) is 8.90. The number of hydrogen-bond donors (Lipinski definition) is 0. The predicted octanol–water partition coefficient (Wildman–Crippen LogP) is 2.26.